The lowest BCUT2D eigenvalue weighted by atomic mass is 9.90. The molecule has 1 aliphatic heterocycles. The monoisotopic (exact) mass is 384 g/mol. The summed E-state index contributed by atoms with van der Waals surface area (Å²) in [5, 5.41) is 0. The Labute approximate surface area is 161 Å². The Hall–Kier alpha value is -1.99. The molecule has 0 bridgehead atoms. The minimum Gasteiger partial charge on any atom is -0.466 e. The minimum atomic E-state index is -1.19. The number of esters is 1. The number of hydrogen-bond acceptors (Lipinski definition) is 6. The van der Waals surface area contributed by atoms with Gasteiger partial charge in [-0.25, -0.2) is 14.4 Å². The summed E-state index contributed by atoms with van der Waals surface area (Å²) in [6.07, 6.45) is 0.773. The van der Waals surface area contributed by atoms with Crippen molar-refractivity contribution in [2.45, 2.75) is 96.7 Å². The number of carbonyl (C=O) groups is 3. The number of rotatable bonds is 1. The second-order valence-electron chi connectivity index (χ2n) is 9.09. The molecule has 2 aliphatic rings. The van der Waals surface area contributed by atoms with E-state index >= 15 is 0 Å². The van der Waals surface area contributed by atoms with E-state index in [9.17, 15) is 14.4 Å². The maximum absolute atomic E-state index is 12.9. The summed E-state index contributed by atoms with van der Waals surface area (Å²) in [5.74, 6) is -0.680. The Morgan fingerprint density at radius 3 is 1.44 bits per heavy atom. The second-order valence-corrected chi connectivity index (χ2v) is 9.09. The van der Waals surface area contributed by atoms with E-state index < -0.39 is 35.5 Å². The van der Waals surface area contributed by atoms with Crippen LogP contribution in [0.4, 0.5) is 9.59 Å². The molecule has 0 aromatic rings. The van der Waals surface area contributed by atoms with Crippen molar-refractivity contribution in [2.75, 3.05) is 7.11 Å². The summed E-state index contributed by atoms with van der Waals surface area (Å²) < 4.78 is 16.0. The highest BCUT2D eigenvalue weighted by atomic mass is 16.6. The summed E-state index contributed by atoms with van der Waals surface area (Å²) in [5.41, 5.74) is -1.44. The Kier molecular flexibility index (Phi) is 5.97. The molecule has 1 heterocycles. The molecule has 154 valence electrons. The molecule has 2 rings (SSSR count). The molecule has 0 spiro atoms. The average molecular weight is 384 g/mol. The van der Waals surface area contributed by atoms with E-state index in [1.165, 1.54) is 16.9 Å². The zero-order valence-corrected chi connectivity index (χ0v) is 17.4. The van der Waals surface area contributed by atoms with Gasteiger partial charge in [-0.05, 0) is 54.4 Å². The van der Waals surface area contributed by atoms with Crippen LogP contribution in [-0.2, 0) is 19.0 Å². The predicted molar refractivity (Wildman–Crippen MR) is 98.0 cm³/mol. The van der Waals surface area contributed by atoms with Gasteiger partial charge in [0.1, 0.15) is 11.2 Å². The molecular weight excluding hydrogens is 352 g/mol. The van der Waals surface area contributed by atoms with Crippen LogP contribution >= 0.6 is 0 Å². The van der Waals surface area contributed by atoms with Gasteiger partial charge < -0.3 is 14.2 Å². The molecule has 0 N–H and O–H groups in total. The molecule has 2 fully saturated rings. The third kappa shape index (κ3) is 4.84. The van der Waals surface area contributed by atoms with Crippen molar-refractivity contribution in [2.24, 2.45) is 0 Å². The van der Waals surface area contributed by atoms with Crippen LogP contribution in [0.15, 0.2) is 0 Å². The molecule has 8 nitrogen and oxygen atoms in total. The van der Waals surface area contributed by atoms with Crippen molar-refractivity contribution in [3.8, 4) is 0 Å². The van der Waals surface area contributed by atoms with E-state index in [-0.39, 0.29) is 12.1 Å². The molecule has 27 heavy (non-hydrogen) atoms. The predicted octanol–water partition coefficient (Wildman–Crippen LogP) is 3.28. The van der Waals surface area contributed by atoms with E-state index in [0.29, 0.717) is 12.8 Å². The van der Waals surface area contributed by atoms with Gasteiger partial charge in [-0.2, -0.15) is 0 Å². The molecule has 1 saturated heterocycles. The molecule has 1 saturated carbocycles. The van der Waals surface area contributed by atoms with Gasteiger partial charge in [0.2, 0.25) is 6.17 Å². The van der Waals surface area contributed by atoms with E-state index in [1.807, 2.05) is 0 Å². The molecule has 1 aliphatic carbocycles. The van der Waals surface area contributed by atoms with Crippen molar-refractivity contribution >= 4 is 18.2 Å². The zero-order valence-electron chi connectivity index (χ0n) is 17.4. The van der Waals surface area contributed by atoms with Gasteiger partial charge in [-0.1, -0.05) is 12.8 Å². The van der Waals surface area contributed by atoms with Crippen molar-refractivity contribution in [3.63, 3.8) is 0 Å². The summed E-state index contributed by atoms with van der Waals surface area (Å²) in [7, 11) is 1.24. The second kappa shape index (κ2) is 7.56. The number of ether oxygens (including phenoxy) is 3. The molecule has 0 aromatic heterocycles. The molecule has 2 amide bonds. The molecular formula is C19H32N2O6. The Morgan fingerprint density at radius 1 is 0.778 bits per heavy atom. The Balaban J connectivity index is 2.43. The highest BCUT2D eigenvalue weighted by Crippen LogP contribution is 2.38. The minimum absolute atomic E-state index is 0.301. The number of fused-ring (bicyclic) bond motifs is 1. The van der Waals surface area contributed by atoms with Crippen LogP contribution in [0, 0.1) is 0 Å². The third-order valence-electron chi connectivity index (χ3n) is 4.56. The Morgan fingerprint density at radius 2 is 1.15 bits per heavy atom. The molecule has 0 aromatic carbocycles. The lowest BCUT2D eigenvalue weighted by Crippen LogP contribution is -2.53. The number of carbonyl (C=O) groups excluding carboxylic acids is 3. The fourth-order valence-electron chi connectivity index (χ4n) is 3.67. The van der Waals surface area contributed by atoms with Crippen LogP contribution < -0.4 is 0 Å². The Bertz CT molecular complexity index is 548. The first-order valence-corrected chi connectivity index (χ1v) is 9.46. The van der Waals surface area contributed by atoms with Gasteiger partial charge in [-0.3, -0.25) is 9.80 Å². The summed E-state index contributed by atoms with van der Waals surface area (Å²) in [6, 6.07) is -0.601. The summed E-state index contributed by atoms with van der Waals surface area (Å²) >= 11 is 0. The standard InChI is InChI=1S/C19H32N2O6/c1-18(2,3)26-16(23)20-12-10-8-9-11-13(12)21(14(20)15(22)25-7)17(24)27-19(4,5)6/h12-14H,8-11H2,1-7H3/t12-,13-/m0/s1. The van der Waals surface area contributed by atoms with Gasteiger partial charge in [0, 0.05) is 0 Å². The smallest absolute Gasteiger partial charge is 0.412 e. The van der Waals surface area contributed by atoms with Crippen LogP contribution in [0.3, 0.4) is 0 Å². The normalized spacial score (nSPS) is 23.7. The maximum Gasteiger partial charge on any atom is 0.412 e. The first-order chi connectivity index (χ1) is 12.4. The van der Waals surface area contributed by atoms with E-state index in [1.54, 1.807) is 41.5 Å². The highest BCUT2D eigenvalue weighted by molar-refractivity contribution is 5.87. The van der Waals surface area contributed by atoms with Crippen LogP contribution in [0.5, 0.6) is 0 Å². The molecule has 0 radical (unpaired) electrons. The zero-order chi connectivity index (χ0) is 20.6. The number of nitrogens with zero attached hydrogens (tertiary/aromatic N) is 2. The third-order valence-corrected chi connectivity index (χ3v) is 4.56. The average Bonchev–Trinajstić information content (AvgIpc) is 2.86. The van der Waals surface area contributed by atoms with Crippen molar-refractivity contribution in [1.82, 2.24) is 9.80 Å². The maximum atomic E-state index is 12.9. The van der Waals surface area contributed by atoms with Crippen molar-refractivity contribution in [3.05, 3.63) is 0 Å². The summed E-state index contributed by atoms with van der Waals surface area (Å²) in [4.78, 5) is 41.2. The van der Waals surface area contributed by atoms with Crippen LogP contribution in [0.1, 0.15) is 67.2 Å². The SMILES string of the molecule is COC(=O)C1N(C(=O)OC(C)(C)C)[C@H]2CCCC[C@@H]2N1C(=O)OC(C)(C)C. The molecule has 2 atom stereocenters. The quantitative estimate of drug-likeness (QED) is 0.509. The van der Waals surface area contributed by atoms with Gasteiger partial charge >= 0.3 is 18.2 Å². The van der Waals surface area contributed by atoms with E-state index in [2.05, 4.69) is 0 Å². The molecule has 0 unspecified atom stereocenters. The topological polar surface area (TPSA) is 85.4 Å². The first-order valence-electron chi connectivity index (χ1n) is 9.46. The van der Waals surface area contributed by atoms with Crippen LogP contribution in [0.25, 0.3) is 0 Å². The number of hydrogen-bond donors (Lipinski definition) is 0. The van der Waals surface area contributed by atoms with E-state index in [0.717, 1.165) is 12.8 Å². The van der Waals surface area contributed by atoms with Gasteiger partial charge in [-0.15, -0.1) is 0 Å². The largest absolute Gasteiger partial charge is 0.466 e. The lowest BCUT2D eigenvalue weighted by Gasteiger charge is -2.32. The van der Waals surface area contributed by atoms with Gasteiger partial charge in [0.05, 0.1) is 19.2 Å². The lowest BCUT2D eigenvalue weighted by molar-refractivity contribution is -0.151. The van der Waals surface area contributed by atoms with Crippen LogP contribution in [-0.4, -0.2) is 64.5 Å². The van der Waals surface area contributed by atoms with Gasteiger partial charge in [0.15, 0.2) is 0 Å². The number of amides is 2. The van der Waals surface area contributed by atoms with Gasteiger partial charge in [0.25, 0.3) is 0 Å². The fraction of sp³-hybridized carbons (Fsp3) is 0.842. The molecule has 8 heteroatoms. The van der Waals surface area contributed by atoms with Crippen LogP contribution in [0.2, 0.25) is 0 Å². The fourth-order valence-corrected chi connectivity index (χ4v) is 3.67. The number of methoxy groups -OCH3 is 1. The van der Waals surface area contributed by atoms with E-state index in [4.69, 9.17) is 14.2 Å². The van der Waals surface area contributed by atoms with Crippen molar-refractivity contribution in [1.29, 1.82) is 0 Å². The van der Waals surface area contributed by atoms with Crippen molar-refractivity contribution < 1.29 is 28.6 Å². The first kappa shape index (κ1) is 21.3. The highest BCUT2D eigenvalue weighted by Gasteiger charge is 2.57. The summed E-state index contributed by atoms with van der Waals surface area (Å²) in [6.45, 7) is 10.6.